The van der Waals surface area contributed by atoms with Crippen molar-refractivity contribution in [3.63, 3.8) is 0 Å². The lowest BCUT2D eigenvalue weighted by Gasteiger charge is -2.05. The third-order valence-corrected chi connectivity index (χ3v) is 1.73. The van der Waals surface area contributed by atoms with E-state index in [9.17, 15) is 9.59 Å². The molecule has 4 heteroatoms. The Morgan fingerprint density at radius 3 is 2.47 bits per heavy atom. The summed E-state index contributed by atoms with van der Waals surface area (Å²) in [7, 11) is 0. The first-order valence-corrected chi connectivity index (χ1v) is 5.57. The molecule has 0 heterocycles. The van der Waals surface area contributed by atoms with Crippen LogP contribution in [0.4, 0.5) is 0 Å². The summed E-state index contributed by atoms with van der Waals surface area (Å²) in [6.07, 6.45) is 0.369. The smallest absolute Gasteiger partial charge is 0.255 e. The molecule has 1 amide bonds. The fourth-order valence-corrected chi connectivity index (χ4v) is 1.19. The van der Waals surface area contributed by atoms with E-state index in [4.69, 9.17) is 10.5 Å². The number of Topliss-reactive ketones (excluding diaryl/α,β-unsaturated/α-hetero) is 1. The van der Waals surface area contributed by atoms with Crippen LogP contribution in [0.25, 0.3) is 0 Å². The topological polar surface area (TPSA) is 69.4 Å². The van der Waals surface area contributed by atoms with Crippen molar-refractivity contribution in [1.29, 1.82) is 0 Å². The fourth-order valence-electron chi connectivity index (χ4n) is 1.19. The minimum atomic E-state index is -0.521. The summed E-state index contributed by atoms with van der Waals surface area (Å²) in [6, 6.07) is 7.05. The summed E-state index contributed by atoms with van der Waals surface area (Å²) < 4.78 is 5.10. The van der Waals surface area contributed by atoms with Crippen LogP contribution in [0.2, 0.25) is 0 Å². The first kappa shape index (κ1) is 15.2. The lowest BCUT2D eigenvalue weighted by atomic mass is 10.1. The van der Waals surface area contributed by atoms with Crippen LogP contribution >= 0.6 is 0 Å². The SMILES string of the molecule is CC.CC(=O)Cc1cccc(OCC(N)=O)c1. The zero-order valence-electron chi connectivity index (χ0n) is 10.5. The number of hydrogen-bond donors (Lipinski definition) is 1. The first-order chi connectivity index (χ1) is 8.08. The number of benzene rings is 1. The maximum absolute atomic E-state index is 10.9. The molecule has 0 saturated carbocycles. The third-order valence-electron chi connectivity index (χ3n) is 1.73. The number of carbonyl (C=O) groups excluding carboxylic acids is 2. The molecule has 0 fully saturated rings. The van der Waals surface area contributed by atoms with E-state index >= 15 is 0 Å². The molecule has 0 unspecified atom stereocenters. The molecule has 0 aromatic heterocycles. The molecule has 94 valence electrons. The zero-order chi connectivity index (χ0) is 13.3. The van der Waals surface area contributed by atoms with Gasteiger partial charge in [0.15, 0.2) is 6.61 Å². The van der Waals surface area contributed by atoms with Gasteiger partial charge in [0.1, 0.15) is 11.5 Å². The Morgan fingerprint density at radius 1 is 1.29 bits per heavy atom. The van der Waals surface area contributed by atoms with Crippen LogP contribution < -0.4 is 10.5 Å². The highest BCUT2D eigenvalue weighted by Crippen LogP contribution is 2.13. The second kappa shape index (κ2) is 8.33. The Morgan fingerprint density at radius 2 is 1.94 bits per heavy atom. The molecule has 0 bridgehead atoms. The highest BCUT2D eigenvalue weighted by Gasteiger charge is 2.01. The molecule has 0 radical (unpaired) electrons. The summed E-state index contributed by atoms with van der Waals surface area (Å²) >= 11 is 0. The number of rotatable bonds is 5. The zero-order valence-corrected chi connectivity index (χ0v) is 10.5. The minimum absolute atomic E-state index is 0.0852. The maximum atomic E-state index is 10.9. The second-order valence-electron chi connectivity index (χ2n) is 3.28. The van der Waals surface area contributed by atoms with Crippen molar-refractivity contribution in [1.82, 2.24) is 0 Å². The molecule has 0 saturated heterocycles. The van der Waals surface area contributed by atoms with Gasteiger partial charge in [-0.05, 0) is 24.6 Å². The number of ketones is 1. The largest absolute Gasteiger partial charge is 0.484 e. The molecule has 2 N–H and O–H groups in total. The Hall–Kier alpha value is -1.84. The lowest BCUT2D eigenvalue weighted by Crippen LogP contribution is -2.20. The molecule has 0 aliphatic heterocycles. The molecule has 1 aromatic rings. The van der Waals surface area contributed by atoms with E-state index in [0.717, 1.165) is 5.56 Å². The van der Waals surface area contributed by atoms with Gasteiger partial charge in [0.05, 0.1) is 0 Å². The van der Waals surface area contributed by atoms with Crippen LogP contribution in [0, 0.1) is 0 Å². The van der Waals surface area contributed by atoms with Crippen molar-refractivity contribution in [3.8, 4) is 5.75 Å². The van der Waals surface area contributed by atoms with Crippen molar-refractivity contribution in [3.05, 3.63) is 29.8 Å². The minimum Gasteiger partial charge on any atom is -0.484 e. The molecular weight excluding hydrogens is 218 g/mol. The highest BCUT2D eigenvalue weighted by atomic mass is 16.5. The Kier molecular flexibility index (Phi) is 7.43. The van der Waals surface area contributed by atoms with Crippen molar-refractivity contribution < 1.29 is 14.3 Å². The Bertz CT molecular complexity index is 375. The number of primary amides is 1. The molecule has 0 aliphatic rings. The van der Waals surface area contributed by atoms with E-state index in [2.05, 4.69) is 0 Å². The Labute approximate surface area is 102 Å². The number of hydrogen-bond acceptors (Lipinski definition) is 3. The number of amides is 1. The highest BCUT2D eigenvalue weighted by molar-refractivity contribution is 5.78. The lowest BCUT2D eigenvalue weighted by molar-refractivity contribution is -0.120. The number of ether oxygens (including phenoxy) is 1. The molecule has 1 rings (SSSR count). The summed E-state index contributed by atoms with van der Waals surface area (Å²) in [6.45, 7) is 5.38. The van der Waals surface area contributed by atoms with E-state index in [1.807, 2.05) is 19.9 Å². The average Bonchev–Trinajstić information content (AvgIpc) is 2.29. The van der Waals surface area contributed by atoms with Crippen molar-refractivity contribution >= 4 is 11.7 Å². The summed E-state index contributed by atoms with van der Waals surface area (Å²) in [5, 5.41) is 0. The van der Waals surface area contributed by atoms with Gasteiger partial charge >= 0.3 is 0 Å². The first-order valence-electron chi connectivity index (χ1n) is 5.57. The van der Waals surface area contributed by atoms with Gasteiger partial charge < -0.3 is 10.5 Å². The van der Waals surface area contributed by atoms with Crippen LogP contribution in [-0.2, 0) is 16.0 Å². The molecule has 0 spiro atoms. The van der Waals surface area contributed by atoms with Gasteiger partial charge in [-0.1, -0.05) is 26.0 Å². The van der Waals surface area contributed by atoms with E-state index in [1.54, 1.807) is 18.2 Å². The van der Waals surface area contributed by atoms with E-state index < -0.39 is 5.91 Å². The molecule has 1 aromatic carbocycles. The normalized spacial score (nSPS) is 8.88. The number of carbonyl (C=O) groups is 2. The monoisotopic (exact) mass is 237 g/mol. The van der Waals surface area contributed by atoms with Crippen LogP contribution in [0.15, 0.2) is 24.3 Å². The van der Waals surface area contributed by atoms with Gasteiger partial charge in [-0.2, -0.15) is 0 Å². The standard InChI is InChI=1S/C11H13NO3.C2H6/c1-8(13)5-9-3-2-4-10(6-9)15-7-11(12)14;1-2/h2-4,6H,5,7H2,1H3,(H2,12,14);1-2H3. The van der Waals surface area contributed by atoms with Gasteiger partial charge in [0, 0.05) is 6.42 Å². The van der Waals surface area contributed by atoms with Gasteiger partial charge in [0.2, 0.25) is 0 Å². The van der Waals surface area contributed by atoms with Gasteiger partial charge in [-0.15, -0.1) is 0 Å². The second-order valence-corrected chi connectivity index (χ2v) is 3.28. The van der Waals surface area contributed by atoms with E-state index in [1.165, 1.54) is 6.92 Å². The summed E-state index contributed by atoms with van der Waals surface area (Å²) in [4.78, 5) is 21.4. The predicted octanol–water partition coefficient (Wildman–Crippen LogP) is 1.71. The molecular formula is C13H19NO3. The van der Waals surface area contributed by atoms with E-state index in [-0.39, 0.29) is 12.4 Å². The van der Waals surface area contributed by atoms with Crippen molar-refractivity contribution in [2.45, 2.75) is 27.2 Å². The van der Waals surface area contributed by atoms with Gasteiger partial charge in [-0.25, -0.2) is 0 Å². The molecule has 0 atom stereocenters. The summed E-state index contributed by atoms with van der Waals surface area (Å²) in [5.74, 6) is 0.113. The van der Waals surface area contributed by atoms with Gasteiger partial charge in [0.25, 0.3) is 5.91 Å². The van der Waals surface area contributed by atoms with Crippen LogP contribution in [0.5, 0.6) is 5.75 Å². The molecule has 4 nitrogen and oxygen atoms in total. The van der Waals surface area contributed by atoms with Crippen LogP contribution in [-0.4, -0.2) is 18.3 Å². The maximum Gasteiger partial charge on any atom is 0.255 e. The number of nitrogens with two attached hydrogens (primary N) is 1. The van der Waals surface area contributed by atoms with Crippen molar-refractivity contribution in [2.75, 3.05) is 6.61 Å². The van der Waals surface area contributed by atoms with Crippen LogP contribution in [0.3, 0.4) is 0 Å². The molecule has 17 heavy (non-hydrogen) atoms. The third kappa shape index (κ3) is 7.11. The van der Waals surface area contributed by atoms with Crippen LogP contribution in [0.1, 0.15) is 26.3 Å². The molecule has 0 aliphatic carbocycles. The fraction of sp³-hybridized carbons (Fsp3) is 0.385. The predicted molar refractivity (Wildman–Crippen MR) is 66.9 cm³/mol. The van der Waals surface area contributed by atoms with Gasteiger partial charge in [-0.3, -0.25) is 9.59 Å². The average molecular weight is 237 g/mol. The van der Waals surface area contributed by atoms with Crippen molar-refractivity contribution in [2.24, 2.45) is 5.73 Å². The Balaban J connectivity index is 0.00000121. The summed E-state index contributed by atoms with van der Waals surface area (Å²) in [5.41, 5.74) is 5.81. The van der Waals surface area contributed by atoms with E-state index in [0.29, 0.717) is 12.2 Å². The quantitative estimate of drug-likeness (QED) is 0.847.